The van der Waals surface area contributed by atoms with Crippen molar-refractivity contribution in [3.05, 3.63) is 0 Å². The van der Waals surface area contributed by atoms with Crippen molar-refractivity contribution in [2.45, 2.75) is 162 Å². The minimum atomic E-state index is -4.74. The Labute approximate surface area is 220 Å². The fraction of sp³-hybridized carbons (Fsp3) is 1.00. The highest BCUT2D eigenvalue weighted by Crippen LogP contribution is 2.16. The van der Waals surface area contributed by atoms with Crippen molar-refractivity contribution in [1.29, 1.82) is 0 Å². The van der Waals surface area contributed by atoms with Gasteiger partial charge in [-0.05, 0) is 40.5 Å². The van der Waals surface area contributed by atoms with Crippen LogP contribution in [0.3, 0.4) is 0 Å². The predicted molar refractivity (Wildman–Crippen MR) is 150 cm³/mol. The Morgan fingerprint density at radius 3 is 1.00 bits per heavy atom. The third-order valence-corrected chi connectivity index (χ3v) is 8.64. The minimum Gasteiger partial charge on any atom is -0.746 e. The zero-order valence-corrected chi connectivity index (χ0v) is 25.1. The van der Waals surface area contributed by atoms with Crippen LogP contribution < -0.4 is 0 Å². The molecule has 4 nitrogen and oxygen atoms in total. The molecule has 0 saturated heterocycles. The van der Waals surface area contributed by atoms with E-state index in [2.05, 4.69) is 34.6 Å². The van der Waals surface area contributed by atoms with Crippen LogP contribution in [0.25, 0.3) is 0 Å². The second kappa shape index (κ2) is 25.4. The van der Waals surface area contributed by atoms with E-state index in [1.807, 2.05) is 0 Å². The third kappa shape index (κ3) is 23.9. The summed E-state index contributed by atoms with van der Waals surface area (Å²) in [5.74, 6) is 0. The van der Waals surface area contributed by atoms with Gasteiger partial charge in [0.25, 0.3) is 0 Å². The van der Waals surface area contributed by atoms with Crippen LogP contribution in [0.15, 0.2) is 0 Å². The minimum absolute atomic E-state index is 0.148. The van der Waals surface area contributed by atoms with Gasteiger partial charge in [-0.3, -0.25) is 0 Å². The van der Waals surface area contributed by atoms with Gasteiger partial charge in [-0.2, -0.15) is 0 Å². The van der Waals surface area contributed by atoms with E-state index in [-0.39, 0.29) is 6.42 Å². The van der Waals surface area contributed by atoms with Crippen molar-refractivity contribution in [2.75, 3.05) is 26.2 Å². The van der Waals surface area contributed by atoms with Gasteiger partial charge in [0.1, 0.15) is 10.1 Å². The first-order chi connectivity index (χ1) is 16.7. The van der Waals surface area contributed by atoms with Crippen LogP contribution in [0.4, 0.5) is 4.39 Å². The smallest absolute Gasteiger partial charge is 0.189 e. The molecule has 0 N–H and O–H groups in total. The lowest BCUT2D eigenvalue weighted by Gasteiger charge is -2.34. The van der Waals surface area contributed by atoms with Crippen molar-refractivity contribution in [3.63, 3.8) is 0 Å². The highest BCUT2D eigenvalue weighted by molar-refractivity contribution is 7.86. The molecular weight excluding hydrogens is 461 g/mol. The second-order valence-corrected chi connectivity index (χ2v) is 11.8. The molecule has 0 radical (unpaired) electrons. The molecule has 1 unspecified atom stereocenters. The first kappa shape index (κ1) is 37.0. The summed E-state index contributed by atoms with van der Waals surface area (Å²) in [6.07, 6.45) is 22.3. The van der Waals surface area contributed by atoms with Crippen molar-refractivity contribution in [1.82, 2.24) is 0 Å². The van der Waals surface area contributed by atoms with E-state index in [1.54, 1.807) is 0 Å². The molecule has 0 aromatic heterocycles. The first-order valence-electron chi connectivity index (χ1n) is 15.2. The highest BCUT2D eigenvalue weighted by atomic mass is 32.2. The lowest BCUT2D eigenvalue weighted by Crippen LogP contribution is -2.47. The van der Waals surface area contributed by atoms with Gasteiger partial charge in [0.15, 0.2) is 5.50 Å². The van der Waals surface area contributed by atoms with E-state index >= 15 is 0 Å². The standard InChI is InChI=1S/C21H43FO3S.C8H20N/c1-2-3-4-5-6-7-8-9-10-11-12-13-14-15-16-17-18-19-20-21(22)26(23,24)25;1-5-9(6-2,7-3)8-4/h21H,2-20H2,1H3,(H,23,24,25);5-8H2,1-4H3/q;+1/p-1. The molecule has 0 bridgehead atoms. The predicted octanol–water partition coefficient (Wildman–Crippen LogP) is 9.14. The Morgan fingerprint density at radius 1 is 0.543 bits per heavy atom. The fourth-order valence-electron chi connectivity index (χ4n) is 4.69. The third-order valence-electron chi connectivity index (χ3n) is 7.78. The molecule has 0 spiro atoms. The van der Waals surface area contributed by atoms with Gasteiger partial charge < -0.3 is 9.04 Å². The number of unbranched alkanes of at least 4 members (excludes halogenated alkanes) is 17. The lowest BCUT2D eigenvalue weighted by molar-refractivity contribution is -0.921. The first-order valence-corrected chi connectivity index (χ1v) is 16.6. The van der Waals surface area contributed by atoms with Gasteiger partial charge in [-0.15, -0.1) is 0 Å². The molecule has 0 aromatic rings. The Morgan fingerprint density at radius 2 is 0.800 bits per heavy atom. The van der Waals surface area contributed by atoms with Crippen molar-refractivity contribution >= 4 is 10.1 Å². The van der Waals surface area contributed by atoms with Crippen LogP contribution in [-0.4, -0.2) is 49.1 Å². The Hall–Kier alpha value is -0.200. The van der Waals surface area contributed by atoms with E-state index in [0.717, 1.165) is 19.3 Å². The fourth-order valence-corrected chi connectivity index (χ4v) is 5.15. The largest absolute Gasteiger partial charge is 0.746 e. The summed E-state index contributed by atoms with van der Waals surface area (Å²) in [6, 6.07) is 0. The average molecular weight is 524 g/mol. The molecule has 0 amide bonds. The summed E-state index contributed by atoms with van der Waals surface area (Å²) < 4.78 is 45.4. The van der Waals surface area contributed by atoms with E-state index in [1.165, 1.54) is 121 Å². The lowest BCUT2D eigenvalue weighted by atomic mass is 10.0. The molecule has 0 aliphatic rings. The summed E-state index contributed by atoms with van der Waals surface area (Å²) in [4.78, 5) is 0. The molecule has 0 saturated carbocycles. The quantitative estimate of drug-likeness (QED) is 0.0720. The van der Waals surface area contributed by atoms with E-state index in [9.17, 15) is 17.4 Å². The van der Waals surface area contributed by atoms with Gasteiger partial charge in [0.2, 0.25) is 0 Å². The number of alkyl halides is 1. The maximum Gasteiger partial charge on any atom is 0.189 e. The number of nitrogens with zero attached hydrogens (tertiary/aromatic N) is 1. The van der Waals surface area contributed by atoms with Crippen LogP contribution >= 0.6 is 0 Å². The molecule has 6 heteroatoms. The number of hydrogen-bond donors (Lipinski definition) is 0. The Bertz CT molecular complexity index is 507. The zero-order valence-electron chi connectivity index (χ0n) is 24.3. The molecule has 0 heterocycles. The number of quaternary nitrogens is 1. The van der Waals surface area contributed by atoms with Crippen LogP contribution in [-0.2, 0) is 10.1 Å². The molecule has 0 rings (SSSR count). The summed E-state index contributed by atoms with van der Waals surface area (Å²) in [7, 11) is -4.74. The van der Waals surface area contributed by atoms with Crippen molar-refractivity contribution in [2.24, 2.45) is 0 Å². The molecule has 0 aliphatic carbocycles. The van der Waals surface area contributed by atoms with Gasteiger partial charge >= 0.3 is 0 Å². The zero-order chi connectivity index (χ0) is 26.8. The summed E-state index contributed by atoms with van der Waals surface area (Å²) >= 11 is 0. The summed E-state index contributed by atoms with van der Waals surface area (Å²) in [5, 5.41) is 0. The molecule has 0 fully saturated rings. The van der Waals surface area contributed by atoms with Gasteiger partial charge in [-0.25, -0.2) is 12.8 Å². The number of halogens is 1. The Kier molecular flexibility index (Phi) is 26.9. The topological polar surface area (TPSA) is 57.2 Å². The molecule has 35 heavy (non-hydrogen) atoms. The SMILES string of the molecule is CCCCCCCCCCCCCCCCCCCCC(F)S(=O)(=O)[O-].CC[N+](CC)(CC)CC. The molecule has 1 atom stereocenters. The molecule has 0 aliphatic heterocycles. The average Bonchev–Trinajstić information content (AvgIpc) is 2.84. The Balaban J connectivity index is 0. The van der Waals surface area contributed by atoms with E-state index in [4.69, 9.17) is 0 Å². The maximum atomic E-state index is 12.9. The van der Waals surface area contributed by atoms with Crippen LogP contribution in [0.5, 0.6) is 0 Å². The molecule has 214 valence electrons. The maximum absolute atomic E-state index is 12.9. The normalized spacial score (nSPS) is 12.9. The number of hydrogen-bond acceptors (Lipinski definition) is 3. The van der Waals surface area contributed by atoms with Crippen LogP contribution in [0.2, 0.25) is 0 Å². The summed E-state index contributed by atoms with van der Waals surface area (Å²) in [6.45, 7) is 16.5. The number of rotatable bonds is 24. The van der Waals surface area contributed by atoms with Gasteiger partial charge in [0, 0.05) is 0 Å². The van der Waals surface area contributed by atoms with Gasteiger partial charge in [0.05, 0.1) is 26.2 Å². The van der Waals surface area contributed by atoms with Crippen LogP contribution in [0, 0.1) is 0 Å². The van der Waals surface area contributed by atoms with Crippen molar-refractivity contribution in [3.8, 4) is 0 Å². The second-order valence-electron chi connectivity index (χ2n) is 10.3. The molecule has 0 aromatic carbocycles. The van der Waals surface area contributed by atoms with E-state index < -0.39 is 15.6 Å². The highest BCUT2D eigenvalue weighted by Gasteiger charge is 2.16. The van der Waals surface area contributed by atoms with Crippen LogP contribution in [0.1, 0.15) is 157 Å². The monoisotopic (exact) mass is 523 g/mol. The summed E-state index contributed by atoms with van der Waals surface area (Å²) in [5.41, 5.74) is -2.22. The van der Waals surface area contributed by atoms with Crippen molar-refractivity contribution < 1.29 is 21.8 Å². The van der Waals surface area contributed by atoms with E-state index in [0.29, 0.717) is 6.42 Å². The van der Waals surface area contributed by atoms with Gasteiger partial charge in [-0.1, -0.05) is 116 Å². The molecular formula is C29H62FNO3S.